The first kappa shape index (κ1) is 9.55. The summed E-state index contributed by atoms with van der Waals surface area (Å²) in [5, 5.41) is 11.7. The van der Waals surface area contributed by atoms with Crippen molar-refractivity contribution < 1.29 is 9.90 Å². The molecule has 0 aromatic rings. The lowest BCUT2D eigenvalue weighted by Gasteiger charge is -2.10. The Bertz CT molecular complexity index is 189. The Morgan fingerprint density at radius 1 is 1.75 bits per heavy atom. The fourth-order valence-corrected chi connectivity index (χ4v) is 1.21. The van der Waals surface area contributed by atoms with Crippen molar-refractivity contribution in [1.82, 2.24) is 5.32 Å². The highest BCUT2D eigenvalue weighted by molar-refractivity contribution is 6.25. The molecule has 0 amide bonds. The molecule has 0 aromatic heterocycles. The average molecular weight is 190 g/mol. The van der Waals surface area contributed by atoms with E-state index < -0.39 is 12.0 Å². The van der Waals surface area contributed by atoms with Crippen LogP contribution in [0.15, 0.2) is 11.6 Å². The van der Waals surface area contributed by atoms with Gasteiger partial charge < -0.3 is 10.4 Å². The maximum Gasteiger partial charge on any atom is 0.320 e. The van der Waals surface area contributed by atoms with Crippen LogP contribution in [0.4, 0.5) is 0 Å². The molecule has 0 aliphatic heterocycles. The Hall–Kier alpha value is -0.540. The molecule has 0 radical (unpaired) electrons. The smallest absolute Gasteiger partial charge is 0.320 e. The zero-order valence-corrected chi connectivity index (χ0v) is 7.42. The second-order valence-electron chi connectivity index (χ2n) is 2.92. The Labute approximate surface area is 76.4 Å². The average Bonchev–Trinajstić information content (AvgIpc) is 2.80. The van der Waals surface area contributed by atoms with Crippen molar-refractivity contribution in [1.29, 1.82) is 0 Å². The molecule has 68 valence electrons. The molecule has 1 aliphatic rings. The third kappa shape index (κ3) is 2.83. The Morgan fingerprint density at radius 3 is 2.83 bits per heavy atom. The minimum absolute atomic E-state index is 0.325. The summed E-state index contributed by atoms with van der Waals surface area (Å²) in [6.07, 6.45) is 3.74. The SMILES string of the molecule is O=C(O)C(NCC=CCl)C1CC1. The highest BCUT2D eigenvalue weighted by Crippen LogP contribution is 2.32. The Morgan fingerprint density at radius 2 is 2.42 bits per heavy atom. The predicted molar refractivity (Wildman–Crippen MR) is 47.1 cm³/mol. The van der Waals surface area contributed by atoms with Crippen LogP contribution in [0.2, 0.25) is 0 Å². The van der Waals surface area contributed by atoms with Crippen molar-refractivity contribution in [3.8, 4) is 0 Å². The number of aliphatic carboxylic acids is 1. The Balaban J connectivity index is 2.28. The molecule has 0 heterocycles. The predicted octanol–water partition coefficient (Wildman–Crippen LogP) is 1.19. The summed E-state index contributed by atoms with van der Waals surface area (Å²) >= 11 is 5.29. The molecule has 0 bridgehead atoms. The number of hydrogen-bond donors (Lipinski definition) is 2. The van der Waals surface area contributed by atoms with Gasteiger partial charge in [-0.2, -0.15) is 0 Å². The fraction of sp³-hybridized carbons (Fsp3) is 0.625. The van der Waals surface area contributed by atoms with Crippen LogP contribution in [0.25, 0.3) is 0 Å². The lowest BCUT2D eigenvalue weighted by molar-refractivity contribution is -0.140. The molecule has 1 saturated carbocycles. The van der Waals surface area contributed by atoms with Gasteiger partial charge in [-0.15, -0.1) is 0 Å². The molecule has 1 aliphatic carbocycles. The van der Waals surface area contributed by atoms with Crippen molar-refractivity contribution >= 4 is 17.6 Å². The van der Waals surface area contributed by atoms with Gasteiger partial charge >= 0.3 is 5.97 Å². The molecule has 1 atom stereocenters. The van der Waals surface area contributed by atoms with Gasteiger partial charge in [0.15, 0.2) is 0 Å². The first-order chi connectivity index (χ1) is 5.75. The van der Waals surface area contributed by atoms with Gasteiger partial charge in [0.2, 0.25) is 0 Å². The molecule has 0 aromatic carbocycles. The summed E-state index contributed by atoms with van der Waals surface area (Å²) in [6.45, 7) is 0.525. The van der Waals surface area contributed by atoms with Gasteiger partial charge in [-0.05, 0) is 18.8 Å². The number of carbonyl (C=O) groups is 1. The van der Waals surface area contributed by atoms with Crippen LogP contribution >= 0.6 is 11.6 Å². The first-order valence-electron chi connectivity index (χ1n) is 3.97. The van der Waals surface area contributed by atoms with Gasteiger partial charge in [0.25, 0.3) is 0 Å². The van der Waals surface area contributed by atoms with Gasteiger partial charge in [-0.1, -0.05) is 17.7 Å². The molecule has 4 heteroatoms. The van der Waals surface area contributed by atoms with E-state index in [2.05, 4.69) is 5.32 Å². The molecule has 2 N–H and O–H groups in total. The van der Waals surface area contributed by atoms with Crippen molar-refractivity contribution in [2.24, 2.45) is 5.92 Å². The summed E-state index contributed by atoms with van der Waals surface area (Å²) in [4.78, 5) is 10.7. The number of carboxylic acids is 1. The second-order valence-corrected chi connectivity index (χ2v) is 3.18. The molecule has 0 spiro atoms. The zero-order chi connectivity index (χ0) is 8.97. The summed E-state index contributed by atoms with van der Waals surface area (Å²) in [5.74, 6) is -0.438. The van der Waals surface area contributed by atoms with Crippen LogP contribution < -0.4 is 5.32 Å². The second kappa shape index (κ2) is 4.48. The van der Waals surface area contributed by atoms with E-state index in [9.17, 15) is 4.79 Å². The van der Waals surface area contributed by atoms with Crippen LogP contribution in [-0.2, 0) is 4.79 Å². The van der Waals surface area contributed by atoms with Crippen molar-refractivity contribution in [2.45, 2.75) is 18.9 Å². The maximum atomic E-state index is 10.7. The lowest BCUT2D eigenvalue weighted by atomic mass is 10.2. The summed E-state index contributed by atoms with van der Waals surface area (Å²) in [6, 6.07) is -0.391. The molecule has 12 heavy (non-hydrogen) atoms. The largest absolute Gasteiger partial charge is 0.480 e. The number of nitrogens with one attached hydrogen (secondary N) is 1. The van der Waals surface area contributed by atoms with Crippen LogP contribution in [0, 0.1) is 5.92 Å². The van der Waals surface area contributed by atoms with E-state index in [0.717, 1.165) is 12.8 Å². The topological polar surface area (TPSA) is 49.3 Å². The van der Waals surface area contributed by atoms with E-state index in [4.69, 9.17) is 16.7 Å². The third-order valence-electron chi connectivity index (χ3n) is 1.90. The van der Waals surface area contributed by atoms with Gasteiger partial charge in [-0.25, -0.2) is 0 Å². The van der Waals surface area contributed by atoms with Crippen LogP contribution in [0.5, 0.6) is 0 Å². The molecule has 1 rings (SSSR count). The number of carboxylic acid groups (broad SMARTS) is 1. The highest BCUT2D eigenvalue weighted by atomic mass is 35.5. The minimum Gasteiger partial charge on any atom is -0.480 e. The normalized spacial score (nSPS) is 19.8. The monoisotopic (exact) mass is 189 g/mol. The molecule has 0 saturated heterocycles. The zero-order valence-electron chi connectivity index (χ0n) is 6.66. The molecular weight excluding hydrogens is 178 g/mol. The highest BCUT2D eigenvalue weighted by Gasteiger charge is 2.35. The maximum absolute atomic E-state index is 10.7. The van der Waals surface area contributed by atoms with Gasteiger partial charge in [0.1, 0.15) is 6.04 Å². The van der Waals surface area contributed by atoms with E-state index in [1.165, 1.54) is 5.54 Å². The van der Waals surface area contributed by atoms with E-state index in [1.54, 1.807) is 6.08 Å². The number of rotatable bonds is 5. The van der Waals surface area contributed by atoms with Crippen LogP contribution in [0.3, 0.4) is 0 Å². The fourth-order valence-electron chi connectivity index (χ4n) is 1.12. The lowest BCUT2D eigenvalue weighted by Crippen LogP contribution is -2.38. The minimum atomic E-state index is -0.763. The first-order valence-corrected chi connectivity index (χ1v) is 4.40. The summed E-state index contributed by atoms with van der Waals surface area (Å²) < 4.78 is 0. The third-order valence-corrected chi connectivity index (χ3v) is 2.08. The van der Waals surface area contributed by atoms with Crippen molar-refractivity contribution in [3.63, 3.8) is 0 Å². The summed E-state index contributed by atoms with van der Waals surface area (Å²) in [7, 11) is 0. The van der Waals surface area contributed by atoms with Gasteiger partial charge in [-0.3, -0.25) is 4.79 Å². The van der Waals surface area contributed by atoms with Crippen molar-refractivity contribution in [3.05, 3.63) is 11.6 Å². The molecule has 3 nitrogen and oxygen atoms in total. The van der Waals surface area contributed by atoms with E-state index in [1.807, 2.05) is 0 Å². The Kier molecular flexibility index (Phi) is 3.56. The quantitative estimate of drug-likeness (QED) is 0.683. The van der Waals surface area contributed by atoms with E-state index in [-0.39, 0.29) is 0 Å². The van der Waals surface area contributed by atoms with E-state index in [0.29, 0.717) is 12.5 Å². The molecule has 1 fully saturated rings. The number of hydrogen-bond acceptors (Lipinski definition) is 2. The summed E-state index contributed by atoms with van der Waals surface area (Å²) in [5.41, 5.74) is 1.39. The van der Waals surface area contributed by atoms with Crippen LogP contribution in [-0.4, -0.2) is 23.7 Å². The van der Waals surface area contributed by atoms with Gasteiger partial charge in [0.05, 0.1) is 0 Å². The standard InChI is InChI=1S/C8H12ClNO2/c9-4-1-5-10-7(8(11)12)6-2-3-6/h1,4,6-7,10H,2-3,5H2,(H,11,12). The van der Waals surface area contributed by atoms with E-state index >= 15 is 0 Å². The number of halogens is 1. The molecule has 1 unspecified atom stereocenters. The molecular formula is C8H12ClNO2. The van der Waals surface area contributed by atoms with Crippen LogP contribution in [0.1, 0.15) is 12.8 Å². The van der Waals surface area contributed by atoms with Gasteiger partial charge in [0, 0.05) is 12.1 Å². The van der Waals surface area contributed by atoms with Crippen molar-refractivity contribution in [2.75, 3.05) is 6.54 Å².